The first-order valence-electron chi connectivity index (χ1n) is 9.02. The van der Waals surface area contributed by atoms with E-state index in [0.29, 0.717) is 0 Å². The van der Waals surface area contributed by atoms with Gasteiger partial charge in [-0.1, -0.05) is 48.0 Å². The van der Waals surface area contributed by atoms with E-state index in [4.69, 9.17) is 16.0 Å². The standard InChI is InChI=1S/C22H20ClFN2O3/c1-26(14-16-17(23)9-5-10-18(16)24)22(28)19(13-15-7-3-2-4-8-15)25-21(27)20-11-6-12-29-20/h2-12,19H,13-14H2,1H3,(H,25,27)/t19-/m0/s1. The number of rotatable bonds is 7. The second kappa shape index (κ2) is 9.39. The molecule has 0 bridgehead atoms. The fourth-order valence-corrected chi connectivity index (χ4v) is 3.17. The lowest BCUT2D eigenvalue weighted by Crippen LogP contribution is -2.48. The summed E-state index contributed by atoms with van der Waals surface area (Å²) < 4.78 is 19.2. The van der Waals surface area contributed by atoms with Gasteiger partial charge in [0, 0.05) is 30.6 Å². The molecule has 0 radical (unpaired) electrons. The van der Waals surface area contributed by atoms with Crippen molar-refractivity contribution >= 4 is 23.4 Å². The Hall–Kier alpha value is -3.12. The molecule has 0 saturated heterocycles. The summed E-state index contributed by atoms with van der Waals surface area (Å²) in [6, 6.07) is 15.9. The highest BCUT2D eigenvalue weighted by molar-refractivity contribution is 6.31. The number of amides is 2. The molecule has 3 rings (SSSR count). The van der Waals surface area contributed by atoms with E-state index in [9.17, 15) is 14.0 Å². The number of carbonyl (C=O) groups is 2. The number of hydrogen-bond donors (Lipinski definition) is 1. The second-order valence-corrected chi connectivity index (χ2v) is 6.99. The number of nitrogens with zero attached hydrogens (tertiary/aromatic N) is 1. The highest BCUT2D eigenvalue weighted by Gasteiger charge is 2.26. The summed E-state index contributed by atoms with van der Waals surface area (Å²) in [6.45, 7) is -0.0216. The molecule has 1 N–H and O–H groups in total. The third-order valence-corrected chi connectivity index (χ3v) is 4.82. The van der Waals surface area contributed by atoms with Crippen molar-refractivity contribution in [2.45, 2.75) is 19.0 Å². The van der Waals surface area contributed by atoms with Crippen LogP contribution in [0.15, 0.2) is 71.3 Å². The molecule has 1 aromatic heterocycles. The van der Waals surface area contributed by atoms with Crippen molar-refractivity contribution in [1.29, 1.82) is 0 Å². The van der Waals surface area contributed by atoms with Crippen LogP contribution in [-0.2, 0) is 17.8 Å². The summed E-state index contributed by atoms with van der Waals surface area (Å²) in [5.74, 6) is -1.25. The van der Waals surface area contributed by atoms with Gasteiger partial charge in [0.2, 0.25) is 5.91 Å². The predicted octanol–water partition coefficient (Wildman–Crippen LogP) is 4.07. The van der Waals surface area contributed by atoms with E-state index < -0.39 is 17.8 Å². The number of nitrogens with one attached hydrogen (secondary N) is 1. The zero-order valence-electron chi connectivity index (χ0n) is 15.8. The fraction of sp³-hybridized carbons (Fsp3) is 0.182. The van der Waals surface area contributed by atoms with Gasteiger partial charge in [0.05, 0.1) is 6.26 Å². The Morgan fingerprint density at radius 2 is 1.86 bits per heavy atom. The monoisotopic (exact) mass is 414 g/mol. The van der Waals surface area contributed by atoms with E-state index in [1.165, 1.54) is 29.4 Å². The zero-order valence-corrected chi connectivity index (χ0v) is 16.5. The van der Waals surface area contributed by atoms with E-state index in [2.05, 4.69) is 5.32 Å². The van der Waals surface area contributed by atoms with Crippen LogP contribution in [-0.4, -0.2) is 29.8 Å². The third kappa shape index (κ3) is 5.23. The van der Waals surface area contributed by atoms with Crippen LogP contribution >= 0.6 is 11.6 Å². The topological polar surface area (TPSA) is 62.6 Å². The number of halogens is 2. The summed E-state index contributed by atoms with van der Waals surface area (Å²) in [5.41, 5.74) is 1.10. The molecule has 3 aromatic rings. The van der Waals surface area contributed by atoms with Crippen molar-refractivity contribution in [3.8, 4) is 0 Å². The van der Waals surface area contributed by atoms with E-state index in [0.717, 1.165) is 5.56 Å². The smallest absolute Gasteiger partial charge is 0.287 e. The van der Waals surface area contributed by atoms with Gasteiger partial charge in [-0.25, -0.2) is 4.39 Å². The largest absolute Gasteiger partial charge is 0.459 e. The molecule has 0 unspecified atom stereocenters. The Bertz CT molecular complexity index is 957. The molecule has 2 amide bonds. The van der Waals surface area contributed by atoms with Crippen molar-refractivity contribution in [1.82, 2.24) is 10.2 Å². The molecule has 7 heteroatoms. The molecule has 0 aliphatic carbocycles. The molecular weight excluding hydrogens is 395 g/mol. The summed E-state index contributed by atoms with van der Waals surface area (Å²) in [6.07, 6.45) is 1.66. The Morgan fingerprint density at radius 1 is 1.10 bits per heavy atom. The van der Waals surface area contributed by atoms with Crippen LogP contribution in [0.1, 0.15) is 21.7 Å². The predicted molar refractivity (Wildman–Crippen MR) is 108 cm³/mol. The number of hydrogen-bond acceptors (Lipinski definition) is 3. The minimum absolute atomic E-state index is 0.0216. The number of furan rings is 1. The van der Waals surface area contributed by atoms with Gasteiger partial charge in [-0.2, -0.15) is 0 Å². The summed E-state index contributed by atoms with van der Waals surface area (Å²) >= 11 is 6.08. The molecule has 0 saturated carbocycles. The van der Waals surface area contributed by atoms with Gasteiger partial charge >= 0.3 is 0 Å². The first-order valence-corrected chi connectivity index (χ1v) is 9.39. The van der Waals surface area contributed by atoms with Gasteiger partial charge in [-0.05, 0) is 29.8 Å². The molecule has 0 aliphatic rings. The van der Waals surface area contributed by atoms with Crippen LogP contribution in [0.2, 0.25) is 5.02 Å². The highest BCUT2D eigenvalue weighted by Crippen LogP contribution is 2.21. The van der Waals surface area contributed by atoms with Crippen molar-refractivity contribution in [2.75, 3.05) is 7.05 Å². The lowest BCUT2D eigenvalue weighted by molar-refractivity contribution is -0.132. The zero-order chi connectivity index (χ0) is 20.8. The first-order chi connectivity index (χ1) is 14.0. The quantitative estimate of drug-likeness (QED) is 0.633. The lowest BCUT2D eigenvalue weighted by atomic mass is 10.0. The minimum atomic E-state index is -0.856. The van der Waals surface area contributed by atoms with E-state index in [1.54, 1.807) is 19.2 Å². The lowest BCUT2D eigenvalue weighted by Gasteiger charge is -2.25. The maximum Gasteiger partial charge on any atom is 0.287 e. The van der Waals surface area contributed by atoms with Gasteiger partial charge in [-0.15, -0.1) is 0 Å². The SMILES string of the molecule is CN(Cc1c(F)cccc1Cl)C(=O)[C@H](Cc1ccccc1)NC(=O)c1ccco1. The summed E-state index contributed by atoms with van der Waals surface area (Å²) in [4.78, 5) is 26.9. The molecule has 29 heavy (non-hydrogen) atoms. The Labute approximate surface area is 173 Å². The molecule has 0 spiro atoms. The van der Waals surface area contributed by atoms with E-state index in [1.807, 2.05) is 30.3 Å². The van der Waals surface area contributed by atoms with Crippen LogP contribution in [0.5, 0.6) is 0 Å². The van der Waals surface area contributed by atoms with Crippen LogP contribution in [0.3, 0.4) is 0 Å². The number of carbonyl (C=O) groups excluding carboxylic acids is 2. The summed E-state index contributed by atoms with van der Waals surface area (Å²) in [7, 11) is 1.54. The molecule has 0 aliphatic heterocycles. The molecule has 0 fully saturated rings. The highest BCUT2D eigenvalue weighted by atomic mass is 35.5. The molecule has 5 nitrogen and oxygen atoms in total. The van der Waals surface area contributed by atoms with Gasteiger partial charge in [-0.3, -0.25) is 9.59 Å². The average molecular weight is 415 g/mol. The Kier molecular flexibility index (Phi) is 6.67. The van der Waals surface area contributed by atoms with Crippen LogP contribution in [0, 0.1) is 5.82 Å². The fourth-order valence-electron chi connectivity index (χ4n) is 2.95. The van der Waals surface area contributed by atoms with Crippen LogP contribution in [0.4, 0.5) is 4.39 Å². The number of likely N-dealkylation sites (N-methyl/N-ethyl adjacent to an activating group) is 1. The van der Waals surface area contributed by atoms with Crippen molar-refractivity contribution in [3.63, 3.8) is 0 Å². The average Bonchev–Trinajstić information content (AvgIpc) is 3.25. The van der Waals surface area contributed by atoms with E-state index >= 15 is 0 Å². The maximum atomic E-state index is 14.1. The number of benzene rings is 2. The molecular formula is C22H20ClFN2O3. The second-order valence-electron chi connectivity index (χ2n) is 6.59. The Balaban J connectivity index is 1.79. The normalized spacial score (nSPS) is 11.7. The molecule has 2 aromatic carbocycles. The minimum Gasteiger partial charge on any atom is -0.459 e. The van der Waals surface area contributed by atoms with Gasteiger partial charge in [0.15, 0.2) is 5.76 Å². The summed E-state index contributed by atoms with van der Waals surface area (Å²) in [5, 5.41) is 2.95. The first kappa shape index (κ1) is 20.6. The molecule has 150 valence electrons. The Morgan fingerprint density at radius 3 is 2.52 bits per heavy atom. The molecule has 1 heterocycles. The van der Waals surface area contributed by atoms with Gasteiger partial charge in [0.1, 0.15) is 11.9 Å². The molecule has 1 atom stereocenters. The third-order valence-electron chi connectivity index (χ3n) is 4.46. The van der Waals surface area contributed by atoms with Gasteiger partial charge in [0.25, 0.3) is 5.91 Å². The maximum absolute atomic E-state index is 14.1. The van der Waals surface area contributed by atoms with Crippen molar-refractivity contribution in [3.05, 3.63) is 94.7 Å². The van der Waals surface area contributed by atoms with Crippen LogP contribution in [0.25, 0.3) is 0 Å². The van der Waals surface area contributed by atoms with Crippen molar-refractivity contribution in [2.24, 2.45) is 0 Å². The van der Waals surface area contributed by atoms with Gasteiger partial charge < -0.3 is 14.6 Å². The van der Waals surface area contributed by atoms with Crippen LogP contribution < -0.4 is 5.32 Å². The van der Waals surface area contributed by atoms with Crippen molar-refractivity contribution < 1.29 is 18.4 Å². The van der Waals surface area contributed by atoms with E-state index in [-0.39, 0.29) is 35.2 Å².